The molecule has 0 spiro atoms. The molecular formula is C20H19N5O2. The number of benzene rings is 1. The number of hydrogen-bond donors (Lipinski definition) is 1. The Kier molecular flexibility index (Phi) is 4.65. The summed E-state index contributed by atoms with van der Waals surface area (Å²) in [5.41, 5.74) is 2.34. The Morgan fingerprint density at radius 2 is 1.93 bits per heavy atom. The molecule has 4 aromatic rings. The van der Waals surface area contributed by atoms with Gasteiger partial charge >= 0.3 is 0 Å². The van der Waals surface area contributed by atoms with E-state index in [1.165, 1.54) is 0 Å². The van der Waals surface area contributed by atoms with Gasteiger partial charge in [-0.3, -0.25) is 9.20 Å². The topological polar surface area (TPSA) is 85.3 Å². The highest BCUT2D eigenvalue weighted by molar-refractivity contribution is 5.78. The van der Waals surface area contributed by atoms with Gasteiger partial charge in [-0.1, -0.05) is 24.3 Å². The van der Waals surface area contributed by atoms with E-state index in [2.05, 4.69) is 20.5 Å². The standard InChI is InChI=1S/C20H19N5O2/c1-14-16(22-20(27-14)15-7-3-2-4-8-15)13-19(26)21-11-10-18-24-23-17-9-5-6-12-25(17)18/h2-9,12H,10-11,13H2,1H3,(H,21,26). The third-order valence-corrected chi connectivity index (χ3v) is 4.30. The van der Waals surface area contributed by atoms with Gasteiger partial charge in [-0.2, -0.15) is 0 Å². The van der Waals surface area contributed by atoms with Gasteiger partial charge in [0.05, 0.1) is 12.1 Å². The number of aryl methyl sites for hydroxylation is 1. The van der Waals surface area contributed by atoms with Gasteiger partial charge in [-0.25, -0.2) is 4.98 Å². The smallest absolute Gasteiger partial charge is 0.226 e. The van der Waals surface area contributed by atoms with Crippen molar-refractivity contribution in [2.24, 2.45) is 0 Å². The molecule has 0 aliphatic carbocycles. The second kappa shape index (κ2) is 7.41. The molecule has 1 N–H and O–H groups in total. The van der Waals surface area contributed by atoms with Crippen LogP contribution in [0.2, 0.25) is 0 Å². The third-order valence-electron chi connectivity index (χ3n) is 4.30. The Hall–Kier alpha value is -3.48. The molecular weight excluding hydrogens is 342 g/mol. The van der Waals surface area contributed by atoms with Crippen LogP contribution in [0.1, 0.15) is 17.3 Å². The summed E-state index contributed by atoms with van der Waals surface area (Å²) in [7, 11) is 0. The van der Waals surface area contributed by atoms with Crippen molar-refractivity contribution in [1.29, 1.82) is 0 Å². The van der Waals surface area contributed by atoms with Gasteiger partial charge in [0.25, 0.3) is 0 Å². The van der Waals surface area contributed by atoms with Crippen LogP contribution >= 0.6 is 0 Å². The molecule has 0 saturated carbocycles. The van der Waals surface area contributed by atoms with E-state index in [1.807, 2.05) is 66.1 Å². The summed E-state index contributed by atoms with van der Waals surface area (Å²) in [5.74, 6) is 1.91. The molecule has 7 nitrogen and oxygen atoms in total. The molecule has 0 atom stereocenters. The lowest BCUT2D eigenvalue weighted by Gasteiger charge is -2.03. The maximum Gasteiger partial charge on any atom is 0.226 e. The second-order valence-corrected chi connectivity index (χ2v) is 6.21. The molecule has 0 radical (unpaired) electrons. The van der Waals surface area contributed by atoms with Gasteiger partial charge < -0.3 is 9.73 Å². The zero-order chi connectivity index (χ0) is 18.6. The Bertz CT molecular complexity index is 1070. The number of carbonyl (C=O) groups excluding carboxylic acids is 1. The van der Waals surface area contributed by atoms with Crippen LogP contribution in [0.5, 0.6) is 0 Å². The lowest BCUT2D eigenvalue weighted by atomic mass is 10.2. The van der Waals surface area contributed by atoms with Crippen LogP contribution < -0.4 is 5.32 Å². The van der Waals surface area contributed by atoms with Gasteiger partial charge in [-0.15, -0.1) is 10.2 Å². The molecule has 4 rings (SSSR count). The van der Waals surface area contributed by atoms with Crippen LogP contribution in [-0.2, 0) is 17.6 Å². The second-order valence-electron chi connectivity index (χ2n) is 6.21. The van der Waals surface area contributed by atoms with Crippen LogP contribution in [0.3, 0.4) is 0 Å². The van der Waals surface area contributed by atoms with Crippen molar-refractivity contribution < 1.29 is 9.21 Å². The SMILES string of the molecule is Cc1oc(-c2ccccc2)nc1CC(=O)NCCc1nnc2ccccn12. The minimum absolute atomic E-state index is 0.0974. The van der Waals surface area contributed by atoms with E-state index < -0.39 is 0 Å². The highest BCUT2D eigenvalue weighted by Crippen LogP contribution is 2.21. The highest BCUT2D eigenvalue weighted by Gasteiger charge is 2.14. The first kappa shape index (κ1) is 17.0. The van der Waals surface area contributed by atoms with E-state index in [1.54, 1.807) is 0 Å². The van der Waals surface area contributed by atoms with Crippen molar-refractivity contribution in [1.82, 2.24) is 24.9 Å². The number of amides is 1. The Balaban J connectivity index is 1.35. The van der Waals surface area contributed by atoms with E-state index in [0.717, 1.165) is 17.0 Å². The molecule has 1 amide bonds. The maximum absolute atomic E-state index is 12.3. The summed E-state index contributed by atoms with van der Waals surface area (Å²) in [4.78, 5) is 16.7. The monoisotopic (exact) mass is 361 g/mol. The van der Waals surface area contributed by atoms with Gasteiger partial charge in [0.15, 0.2) is 5.65 Å². The molecule has 0 aliphatic rings. The van der Waals surface area contributed by atoms with Crippen LogP contribution in [0, 0.1) is 6.92 Å². The van der Waals surface area contributed by atoms with Crippen LogP contribution in [0.15, 0.2) is 59.1 Å². The lowest BCUT2D eigenvalue weighted by Crippen LogP contribution is -2.28. The largest absolute Gasteiger partial charge is 0.441 e. The summed E-state index contributed by atoms with van der Waals surface area (Å²) in [6.45, 7) is 2.31. The van der Waals surface area contributed by atoms with Gasteiger partial charge in [0, 0.05) is 24.7 Å². The lowest BCUT2D eigenvalue weighted by molar-refractivity contribution is -0.120. The number of carbonyl (C=O) groups is 1. The molecule has 7 heteroatoms. The van der Waals surface area contributed by atoms with Crippen molar-refractivity contribution in [3.8, 4) is 11.5 Å². The molecule has 1 aromatic carbocycles. The maximum atomic E-state index is 12.3. The van der Waals surface area contributed by atoms with E-state index >= 15 is 0 Å². The number of fused-ring (bicyclic) bond motifs is 1. The first-order valence-electron chi connectivity index (χ1n) is 8.78. The van der Waals surface area contributed by atoms with Crippen molar-refractivity contribution in [2.45, 2.75) is 19.8 Å². The number of nitrogens with zero attached hydrogens (tertiary/aromatic N) is 4. The zero-order valence-corrected chi connectivity index (χ0v) is 14.9. The van der Waals surface area contributed by atoms with Crippen molar-refractivity contribution in [3.05, 3.63) is 72.0 Å². The first-order chi connectivity index (χ1) is 13.2. The summed E-state index contributed by atoms with van der Waals surface area (Å²) < 4.78 is 7.62. The van der Waals surface area contributed by atoms with Crippen molar-refractivity contribution in [3.63, 3.8) is 0 Å². The number of hydrogen-bond acceptors (Lipinski definition) is 5. The molecule has 0 aliphatic heterocycles. The molecule has 136 valence electrons. The molecule has 3 heterocycles. The summed E-state index contributed by atoms with van der Waals surface area (Å²) in [6, 6.07) is 15.4. The molecule has 0 saturated heterocycles. The number of aromatic nitrogens is 4. The number of oxazole rings is 1. The third kappa shape index (κ3) is 3.72. The van der Waals surface area contributed by atoms with Gasteiger partial charge in [0.2, 0.25) is 11.8 Å². The predicted octanol–water partition coefficient (Wildman–Crippen LogP) is 2.59. The zero-order valence-electron chi connectivity index (χ0n) is 14.9. The van der Waals surface area contributed by atoms with Crippen molar-refractivity contribution >= 4 is 11.6 Å². The Labute approximate surface area is 156 Å². The Morgan fingerprint density at radius 3 is 2.78 bits per heavy atom. The fraction of sp³-hybridized carbons (Fsp3) is 0.200. The fourth-order valence-electron chi connectivity index (χ4n) is 2.89. The first-order valence-corrected chi connectivity index (χ1v) is 8.78. The van der Waals surface area contributed by atoms with Crippen LogP contribution in [0.4, 0.5) is 0 Å². The van der Waals surface area contributed by atoms with E-state index in [0.29, 0.717) is 30.3 Å². The normalized spacial score (nSPS) is 11.0. The van der Waals surface area contributed by atoms with Gasteiger partial charge in [-0.05, 0) is 31.2 Å². The van der Waals surface area contributed by atoms with E-state index in [-0.39, 0.29) is 12.3 Å². The van der Waals surface area contributed by atoms with Crippen LogP contribution in [-0.4, -0.2) is 32.0 Å². The number of nitrogens with one attached hydrogen (secondary N) is 1. The minimum Gasteiger partial charge on any atom is -0.441 e. The average molecular weight is 361 g/mol. The number of pyridine rings is 1. The van der Waals surface area contributed by atoms with Gasteiger partial charge in [0.1, 0.15) is 11.6 Å². The molecule has 27 heavy (non-hydrogen) atoms. The minimum atomic E-state index is -0.0974. The van der Waals surface area contributed by atoms with Crippen LogP contribution in [0.25, 0.3) is 17.1 Å². The summed E-state index contributed by atoms with van der Waals surface area (Å²) in [6.07, 6.45) is 2.70. The molecule has 0 unspecified atom stereocenters. The van der Waals surface area contributed by atoms with E-state index in [4.69, 9.17) is 4.42 Å². The van der Waals surface area contributed by atoms with E-state index in [9.17, 15) is 4.79 Å². The Morgan fingerprint density at radius 1 is 1.11 bits per heavy atom. The molecule has 0 fully saturated rings. The summed E-state index contributed by atoms with van der Waals surface area (Å²) in [5, 5.41) is 11.2. The molecule has 3 aromatic heterocycles. The average Bonchev–Trinajstić information content (AvgIpc) is 3.27. The fourth-order valence-corrected chi connectivity index (χ4v) is 2.89. The highest BCUT2D eigenvalue weighted by atomic mass is 16.4. The summed E-state index contributed by atoms with van der Waals surface area (Å²) >= 11 is 0. The quantitative estimate of drug-likeness (QED) is 0.570. The molecule has 0 bridgehead atoms. The van der Waals surface area contributed by atoms with Crippen molar-refractivity contribution in [2.75, 3.05) is 6.54 Å². The number of rotatable bonds is 6. The predicted molar refractivity (Wildman–Crippen MR) is 100 cm³/mol.